The van der Waals surface area contributed by atoms with Crippen molar-refractivity contribution in [1.82, 2.24) is 0 Å². The fraction of sp³-hybridized carbons (Fsp3) is 0.571. The topological polar surface area (TPSA) is 3.24 Å². The van der Waals surface area contributed by atoms with Crippen LogP contribution in [0.1, 0.15) is 44.2 Å². The number of hydrogen-bond acceptors (Lipinski definition) is 1. The zero-order valence-electron chi connectivity index (χ0n) is 10.1. The number of aryl methyl sites for hydroxylation is 1. The summed E-state index contributed by atoms with van der Waals surface area (Å²) in [6.07, 6.45) is 2.44. The molecule has 0 spiro atoms. The first-order chi connectivity index (χ1) is 7.26. The molecule has 0 saturated heterocycles. The summed E-state index contributed by atoms with van der Waals surface area (Å²) in [5, 5.41) is 0. The zero-order valence-corrected chi connectivity index (χ0v) is 10.1. The standard InChI is InChI=1S/C14H21N/c1-4-12-6-7-14-13(10-12)11(3)8-9-15(14)5-2/h6-7,10-11H,4-5,8-9H2,1-3H3. The van der Waals surface area contributed by atoms with Gasteiger partial charge in [0.25, 0.3) is 0 Å². The van der Waals surface area contributed by atoms with E-state index in [-0.39, 0.29) is 0 Å². The molecule has 0 aromatic heterocycles. The molecule has 0 bridgehead atoms. The van der Waals surface area contributed by atoms with E-state index in [1.165, 1.54) is 24.2 Å². The van der Waals surface area contributed by atoms with E-state index in [2.05, 4.69) is 43.9 Å². The minimum absolute atomic E-state index is 0.731. The van der Waals surface area contributed by atoms with Crippen LogP contribution in [0.2, 0.25) is 0 Å². The molecule has 1 heterocycles. The predicted molar refractivity (Wildman–Crippen MR) is 66.7 cm³/mol. The van der Waals surface area contributed by atoms with E-state index in [4.69, 9.17) is 0 Å². The zero-order chi connectivity index (χ0) is 10.8. The Hall–Kier alpha value is -0.980. The van der Waals surface area contributed by atoms with Crippen molar-refractivity contribution in [2.45, 2.75) is 39.5 Å². The Bertz CT molecular complexity index is 343. The van der Waals surface area contributed by atoms with Crippen molar-refractivity contribution < 1.29 is 0 Å². The van der Waals surface area contributed by atoms with Crippen LogP contribution in [0.4, 0.5) is 5.69 Å². The lowest BCUT2D eigenvalue weighted by Gasteiger charge is -2.34. The molecular weight excluding hydrogens is 182 g/mol. The van der Waals surface area contributed by atoms with E-state index in [1.807, 2.05) is 0 Å². The van der Waals surface area contributed by atoms with Crippen molar-refractivity contribution in [2.75, 3.05) is 18.0 Å². The molecule has 0 fully saturated rings. The van der Waals surface area contributed by atoms with Crippen molar-refractivity contribution in [1.29, 1.82) is 0 Å². The molecule has 0 saturated carbocycles. The van der Waals surface area contributed by atoms with Crippen molar-refractivity contribution >= 4 is 5.69 Å². The number of hydrogen-bond donors (Lipinski definition) is 0. The van der Waals surface area contributed by atoms with E-state index in [0.29, 0.717) is 0 Å². The van der Waals surface area contributed by atoms with Gasteiger partial charge in [0.15, 0.2) is 0 Å². The lowest BCUT2D eigenvalue weighted by Crippen LogP contribution is -2.30. The number of nitrogens with zero attached hydrogens (tertiary/aromatic N) is 1. The highest BCUT2D eigenvalue weighted by Crippen LogP contribution is 2.35. The van der Waals surface area contributed by atoms with Gasteiger partial charge in [0.1, 0.15) is 0 Å². The quantitative estimate of drug-likeness (QED) is 0.710. The molecule has 2 rings (SSSR count). The van der Waals surface area contributed by atoms with Crippen LogP contribution < -0.4 is 4.90 Å². The Balaban J connectivity index is 2.42. The summed E-state index contributed by atoms with van der Waals surface area (Å²) < 4.78 is 0. The Morgan fingerprint density at radius 1 is 1.33 bits per heavy atom. The van der Waals surface area contributed by atoms with Gasteiger partial charge >= 0.3 is 0 Å². The van der Waals surface area contributed by atoms with E-state index in [0.717, 1.165) is 18.9 Å². The van der Waals surface area contributed by atoms with Crippen LogP contribution in [-0.4, -0.2) is 13.1 Å². The lowest BCUT2D eigenvalue weighted by atomic mass is 9.90. The van der Waals surface area contributed by atoms with Gasteiger partial charge in [-0.15, -0.1) is 0 Å². The summed E-state index contributed by atoms with van der Waals surface area (Å²) >= 11 is 0. The molecule has 1 aliphatic rings. The summed E-state index contributed by atoms with van der Waals surface area (Å²) in [4.78, 5) is 2.49. The molecule has 1 heteroatoms. The number of fused-ring (bicyclic) bond motifs is 1. The second-order valence-corrected chi connectivity index (χ2v) is 4.52. The molecule has 0 amide bonds. The fourth-order valence-corrected chi connectivity index (χ4v) is 2.46. The minimum atomic E-state index is 0.731. The summed E-state index contributed by atoms with van der Waals surface area (Å²) in [6, 6.07) is 6.99. The second kappa shape index (κ2) is 4.26. The van der Waals surface area contributed by atoms with Gasteiger partial charge in [-0.1, -0.05) is 26.0 Å². The van der Waals surface area contributed by atoms with Gasteiger partial charge < -0.3 is 4.90 Å². The summed E-state index contributed by atoms with van der Waals surface area (Å²) in [7, 11) is 0. The molecule has 0 N–H and O–H groups in total. The van der Waals surface area contributed by atoms with Gasteiger partial charge in [-0.3, -0.25) is 0 Å². The van der Waals surface area contributed by atoms with Crippen molar-refractivity contribution in [3.05, 3.63) is 29.3 Å². The third-order valence-electron chi connectivity index (χ3n) is 3.59. The highest BCUT2D eigenvalue weighted by atomic mass is 15.1. The highest BCUT2D eigenvalue weighted by Gasteiger charge is 2.20. The van der Waals surface area contributed by atoms with Gasteiger partial charge in [0.2, 0.25) is 0 Å². The van der Waals surface area contributed by atoms with Crippen LogP contribution >= 0.6 is 0 Å². The van der Waals surface area contributed by atoms with Crippen molar-refractivity contribution in [2.24, 2.45) is 0 Å². The van der Waals surface area contributed by atoms with Crippen molar-refractivity contribution in [3.63, 3.8) is 0 Å². The third kappa shape index (κ3) is 1.88. The molecule has 15 heavy (non-hydrogen) atoms. The Labute approximate surface area is 93.1 Å². The Kier molecular flexibility index (Phi) is 2.99. The molecular formula is C14H21N. The normalized spacial score (nSPS) is 20.2. The smallest absolute Gasteiger partial charge is 0.0401 e. The summed E-state index contributed by atoms with van der Waals surface area (Å²) in [6.45, 7) is 9.17. The van der Waals surface area contributed by atoms with Crippen LogP contribution in [0, 0.1) is 0 Å². The van der Waals surface area contributed by atoms with Crippen LogP contribution in [0.25, 0.3) is 0 Å². The monoisotopic (exact) mass is 203 g/mol. The SMILES string of the molecule is CCc1ccc2c(c1)C(C)CCN2CC. The Morgan fingerprint density at radius 3 is 2.80 bits per heavy atom. The fourth-order valence-electron chi connectivity index (χ4n) is 2.46. The predicted octanol–water partition coefficient (Wildman–Crippen LogP) is 3.58. The lowest BCUT2D eigenvalue weighted by molar-refractivity contribution is 0.618. The third-order valence-corrected chi connectivity index (χ3v) is 3.59. The molecule has 1 aliphatic heterocycles. The van der Waals surface area contributed by atoms with E-state index < -0.39 is 0 Å². The number of benzene rings is 1. The van der Waals surface area contributed by atoms with Crippen LogP contribution in [0.3, 0.4) is 0 Å². The maximum Gasteiger partial charge on any atom is 0.0401 e. The van der Waals surface area contributed by atoms with E-state index >= 15 is 0 Å². The molecule has 1 aromatic rings. The second-order valence-electron chi connectivity index (χ2n) is 4.52. The maximum atomic E-state index is 2.49. The average molecular weight is 203 g/mol. The Morgan fingerprint density at radius 2 is 2.13 bits per heavy atom. The molecule has 0 radical (unpaired) electrons. The molecule has 1 aromatic carbocycles. The summed E-state index contributed by atoms with van der Waals surface area (Å²) in [5.74, 6) is 0.731. The van der Waals surface area contributed by atoms with Gasteiger partial charge in [-0.05, 0) is 42.9 Å². The number of anilines is 1. The minimum Gasteiger partial charge on any atom is -0.372 e. The molecule has 82 valence electrons. The average Bonchev–Trinajstić information content (AvgIpc) is 2.29. The molecule has 1 nitrogen and oxygen atoms in total. The van der Waals surface area contributed by atoms with E-state index in [1.54, 1.807) is 5.56 Å². The first-order valence-corrected chi connectivity index (χ1v) is 6.14. The first kappa shape index (κ1) is 10.5. The van der Waals surface area contributed by atoms with Crippen LogP contribution in [0.15, 0.2) is 18.2 Å². The van der Waals surface area contributed by atoms with E-state index in [9.17, 15) is 0 Å². The highest BCUT2D eigenvalue weighted by molar-refractivity contribution is 5.58. The first-order valence-electron chi connectivity index (χ1n) is 6.14. The number of rotatable bonds is 2. The van der Waals surface area contributed by atoms with Crippen LogP contribution in [-0.2, 0) is 6.42 Å². The van der Waals surface area contributed by atoms with Gasteiger partial charge in [0.05, 0.1) is 0 Å². The largest absolute Gasteiger partial charge is 0.372 e. The van der Waals surface area contributed by atoms with Gasteiger partial charge in [0, 0.05) is 18.8 Å². The molecule has 1 atom stereocenters. The van der Waals surface area contributed by atoms with Gasteiger partial charge in [-0.25, -0.2) is 0 Å². The molecule has 0 aliphatic carbocycles. The van der Waals surface area contributed by atoms with Crippen molar-refractivity contribution in [3.8, 4) is 0 Å². The van der Waals surface area contributed by atoms with Crippen LogP contribution in [0.5, 0.6) is 0 Å². The molecule has 1 unspecified atom stereocenters. The van der Waals surface area contributed by atoms with Gasteiger partial charge in [-0.2, -0.15) is 0 Å². The summed E-state index contributed by atoms with van der Waals surface area (Å²) in [5.41, 5.74) is 4.49. The maximum absolute atomic E-state index is 2.49.